The highest BCUT2D eigenvalue weighted by Gasteiger charge is 2.19. The molecule has 2 aromatic rings. The number of aromatic nitrogens is 1. The summed E-state index contributed by atoms with van der Waals surface area (Å²) in [4.78, 5) is 15.6. The molecule has 5 heteroatoms. The van der Waals surface area contributed by atoms with E-state index in [0.29, 0.717) is 11.7 Å². The van der Waals surface area contributed by atoms with Gasteiger partial charge in [-0.15, -0.1) is 11.8 Å². The fourth-order valence-corrected chi connectivity index (χ4v) is 4.15. The Kier molecular flexibility index (Phi) is 5.28. The molecule has 1 saturated heterocycles. The van der Waals surface area contributed by atoms with Crippen LogP contribution in [0.25, 0.3) is 10.9 Å². The quantitative estimate of drug-likeness (QED) is 0.827. The maximum absolute atomic E-state index is 12.1. The van der Waals surface area contributed by atoms with Crippen LogP contribution in [0.1, 0.15) is 13.3 Å². The van der Waals surface area contributed by atoms with E-state index in [4.69, 9.17) is 0 Å². The number of hydrogen-bond acceptors (Lipinski definition) is 3. The van der Waals surface area contributed by atoms with E-state index in [9.17, 15) is 4.79 Å². The molecule has 2 heterocycles. The molecule has 1 aromatic heterocycles. The molecule has 1 aliphatic heterocycles. The molecule has 0 radical (unpaired) electrons. The number of hydrogen-bond donors (Lipinski definition) is 1. The molecular weight excluding hydrogens is 306 g/mol. The van der Waals surface area contributed by atoms with Crippen LogP contribution in [0.15, 0.2) is 35.4 Å². The van der Waals surface area contributed by atoms with Crippen molar-refractivity contribution < 1.29 is 4.79 Å². The Morgan fingerprint density at radius 2 is 2.22 bits per heavy atom. The third-order valence-electron chi connectivity index (χ3n) is 4.53. The number of nitrogens with one attached hydrogen (secondary N) is 1. The summed E-state index contributed by atoms with van der Waals surface area (Å²) < 4.78 is 2.24. The van der Waals surface area contributed by atoms with Crippen LogP contribution in [0.4, 0.5) is 0 Å². The second-order valence-corrected chi connectivity index (χ2v) is 7.32. The van der Waals surface area contributed by atoms with E-state index in [1.54, 1.807) is 11.8 Å². The van der Waals surface area contributed by atoms with Gasteiger partial charge in [-0.1, -0.05) is 18.2 Å². The molecule has 1 aromatic carbocycles. The summed E-state index contributed by atoms with van der Waals surface area (Å²) in [6.45, 7) is 6.14. The van der Waals surface area contributed by atoms with Gasteiger partial charge in [-0.05, 0) is 38.9 Å². The van der Waals surface area contributed by atoms with Crippen LogP contribution in [0.5, 0.6) is 0 Å². The molecular formula is C18H25N3OS. The van der Waals surface area contributed by atoms with Gasteiger partial charge >= 0.3 is 0 Å². The lowest BCUT2D eigenvalue weighted by Crippen LogP contribution is -2.31. The van der Waals surface area contributed by atoms with Gasteiger partial charge in [0.05, 0.1) is 5.75 Å². The Morgan fingerprint density at radius 3 is 2.96 bits per heavy atom. The molecule has 1 N–H and O–H groups in total. The first kappa shape index (κ1) is 16.4. The summed E-state index contributed by atoms with van der Waals surface area (Å²) >= 11 is 1.63. The number of nitrogens with zero attached hydrogens (tertiary/aromatic N) is 2. The van der Waals surface area contributed by atoms with Gasteiger partial charge in [0.2, 0.25) is 5.91 Å². The second-order valence-electron chi connectivity index (χ2n) is 6.31. The SMILES string of the molecule is CCn1cc(SCC(=O)NCC2CCN(C)C2)c2ccccc21. The number of aryl methyl sites for hydroxylation is 1. The van der Waals surface area contributed by atoms with Gasteiger partial charge in [-0.25, -0.2) is 0 Å². The largest absolute Gasteiger partial charge is 0.355 e. The molecule has 0 bridgehead atoms. The van der Waals surface area contributed by atoms with Crippen molar-refractivity contribution in [3.63, 3.8) is 0 Å². The fraction of sp³-hybridized carbons (Fsp3) is 0.500. The molecule has 1 amide bonds. The van der Waals surface area contributed by atoms with Gasteiger partial charge in [0, 0.05) is 41.6 Å². The number of rotatable bonds is 6. The highest BCUT2D eigenvalue weighted by Crippen LogP contribution is 2.29. The maximum atomic E-state index is 12.1. The minimum Gasteiger partial charge on any atom is -0.355 e. The Bertz CT molecular complexity index is 682. The second kappa shape index (κ2) is 7.41. The van der Waals surface area contributed by atoms with E-state index in [1.165, 1.54) is 22.2 Å². The summed E-state index contributed by atoms with van der Waals surface area (Å²) in [6, 6.07) is 8.40. The van der Waals surface area contributed by atoms with Crippen LogP contribution >= 0.6 is 11.8 Å². The first-order valence-corrected chi connectivity index (χ1v) is 9.32. The standard InChI is InChI=1S/C18H25N3OS/c1-3-21-12-17(15-6-4-5-7-16(15)21)23-13-18(22)19-10-14-8-9-20(2)11-14/h4-7,12,14H,3,8-11,13H2,1-2H3,(H,19,22). The Morgan fingerprint density at radius 1 is 1.39 bits per heavy atom. The van der Waals surface area contributed by atoms with Gasteiger partial charge in [0.25, 0.3) is 0 Å². The Hall–Kier alpha value is -1.46. The van der Waals surface area contributed by atoms with E-state index >= 15 is 0 Å². The minimum atomic E-state index is 0.137. The van der Waals surface area contributed by atoms with Crippen molar-refractivity contribution in [1.29, 1.82) is 0 Å². The normalized spacial score (nSPS) is 18.6. The summed E-state index contributed by atoms with van der Waals surface area (Å²) in [6.07, 6.45) is 3.35. The summed E-state index contributed by atoms with van der Waals surface area (Å²) in [5.74, 6) is 1.23. The number of fused-ring (bicyclic) bond motifs is 1. The molecule has 1 atom stereocenters. The van der Waals surface area contributed by atoms with Crippen LogP contribution in [-0.4, -0.2) is 47.8 Å². The van der Waals surface area contributed by atoms with Crippen LogP contribution in [0.2, 0.25) is 0 Å². The number of likely N-dealkylation sites (tertiary alicyclic amines) is 1. The lowest BCUT2D eigenvalue weighted by molar-refractivity contribution is -0.118. The third-order valence-corrected chi connectivity index (χ3v) is 5.57. The van der Waals surface area contributed by atoms with Gasteiger partial charge in [0.15, 0.2) is 0 Å². The minimum absolute atomic E-state index is 0.137. The van der Waals surface area contributed by atoms with Crippen molar-refractivity contribution in [2.45, 2.75) is 24.8 Å². The maximum Gasteiger partial charge on any atom is 0.230 e. The molecule has 124 valence electrons. The molecule has 1 aliphatic rings. The van der Waals surface area contributed by atoms with Crippen LogP contribution < -0.4 is 5.32 Å². The van der Waals surface area contributed by atoms with E-state index in [0.717, 1.165) is 26.2 Å². The zero-order chi connectivity index (χ0) is 16.2. The van der Waals surface area contributed by atoms with Crippen LogP contribution in [0.3, 0.4) is 0 Å². The molecule has 0 aliphatic carbocycles. The number of carbonyl (C=O) groups is 1. The lowest BCUT2D eigenvalue weighted by Gasteiger charge is -2.11. The highest BCUT2D eigenvalue weighted by atomic mass is 32.2. The molecule has 1 fully saturated rings. The monoisotopic (exact) mass is 331 g/mol. The Labute approximate surface area is 142 Å². The number of para-hydroxylation sites is 1. The highest BCUT2D eigenvalue weighted by molar-refractivity contribution is 8.00. The van der Waals surface area contributed by atoms with E-state index in [2.05, 4.69) is 59.2 Å². The van der Waals surface area contributed by atoms with Crippen molar-refractivity contribution in [3.8, 4) is 0 Å². The number of amides is 1. The average molecular weight is 331 g/mol. The van der Waals surface area contributed by atoms with Gasteiger partial charge in [0.1, 0.15) is 0 Å². The van der Waals surface area contributed by atoms with Crippen LogP contribution in [0, 0.1) is 5.92 Å². The summed E-state index contributed by atoms with van der Waals surface area (Å²) in [7, 11) is 2.14. The number of benzene rings is 1. The molecule has 23 heavy (non-hydrogen) atoms. The van der Waals surface area contributed by atoms with Gasteiger partial charge in [-0.3, -0.25) is 4.79 Å². The van der Waals surface area contributed by atoms with Gasteiger partial charge in [-0.2, -0.15) is 0 Å². The average Bonchev–Trinajstić information content (AvgIpc) is 3.14. The van der Waals surface area contributed by atoms with E-state index < -0.39 is 0 Å². The molecule has 1 unspecified atom stereocenters. The van der Waals surface area contributed by atoms with Crippen molar-refractivity contribution in [2.75, 3.05) is 32.4 Å². The van der Waals surface area contributed by atoms with E-state index in [-0.39, 0.29) is 5.91 Å². The summed E-state index contributed by atoms with van der Waals surface area (Å²) in [5.41, 5.74) is 1.24. The third kappa shape index (κ3) is 3.90. The number of thioether (sulfide) groups is 1. The molecule has 0 saturated carbocycles. The first-order valence-electron chi connectivity index (χ1n) is 8.33. The smallest absolute Gasteiger partial charge is 0.230 e. The fourth-order valence-electron chi connectivity index (χ4n) is 3.24. The van der Waals surface area contributed by atoms with Gasteiger partial charge < -0.3 is 14.8 Å². The topological polar surface area (TPSA) is 37.3 Å². The zero-order valence-electron chi connectivity index (χ0n) is 13.9. The predicted octanol–water partition coefficient (Wildman–Crippen LogP) is 2.82. The van der Waals surface area contributed by atoms with E-state index in [1.807, 2.05) is 0 Å². The van der Waals surface area contributed by atoms with Crippen molar-refractivity contribution in [3.05, 3.63) is 30.5 Å². The Balaban J connectivity index is 1.55. The summed E-state index contributed by atoms with van der Waals surface area (Å²) in [5, 5.41) is 4.33. The van der Waals surface area contributed by atoms with Crippen LogP contribution in [-0.2, 0) is 11.3 Å². The molecule has 3 rings (SSSR count). The first-order chi connectivity index (χ1) is 11.2. The van der Waals surface area contributed by atoms with Crippen molar-refractivity contribution in [1.82, 2.24) is 14.8 Å². The number of carbonyl (C=O) groups excluding carboxylic acids is 1. The molecule has 0 spiro atoms. The van der Waals surface area contributed by atoms with Crippen molar-refractivity contribution >= 4 is 28.6 Å². The predicted molar refractivity (Wildman–Crippen MR) is 96.9 cm³/mol. The molecule has 4 nitrogen and oxygen atoms in total. The zero-order valence-corrected chi connectivity index (χ0v) is 14.7. The lowest BCUT2D eigenvalue weighted by atomic mass is 10.1. The van der Waals surface area contributed by atoms with Crippen molar-refractivity contribution in [2.24, 2.45) is 5.92 Å².